The minimum Gasteiger partial charge on any atom is -0.490 e. The molecule has 214 valence electrons. The average Bonchev–Trinajstić information content (AvgIpc) is 2.94. The fourth-order valence-electron chi connectivity index (χ4n) is 5.15. The molecule has 1 saturated heterocycles. The first-order valence-corrected chi connectivity index (χ1v) is 13.4. The Kier molecular flexibility index (Phi) is 10.8. The van der Waals surface area contributed by atoms with E-state index in [4.69, 9.17) is 23.7 Å². The van der Waals surface area contributed by atoms with Crippen molar-refractivity contribution in [3.05, 3.63) is 59.2 Å². The van der Waals surface area contributed by atoms with E-state index in [2.05, 4.69) is 11.0 Å². The van der Waals surface area contributed by atoms with Crippen LogP contribution in [0.5, 0.6) is 5.75 Å². The van der Waals surface area contributed by atoms with Crippen LogP contribution in [0, 0.1) is 0 Å². The Labute approximate surface area is 230 Å². The second-order valence-corrected chi connectivity index (χ2v) is 9.90. The van der Waals surface area contributed by atoms with E-state index < -0.39 is 18.3 Å². The zero-order valence-corrected chi connectivity index (χ0v) is 22.8. The van der Waals surface area contributed by atoms with Gasteiger partial charge < -0.3 is 43.7 Å². The van der Waals surface area contributed by atoms with E-state index in [1.165, 1.54) is 4.90 Å². The summed E-state index contributed by atoms with van der Waals surface area (Å²) >= 11 is 0. The SMILES string of the molecule is COCCCN1CCOc2ccc(COC3CN(C(=O)O)CC(O)C3c3ccc(COCCOC)cc3)cc21. The smallest absolute Gasteiger partial charge is 0.407 e. The molecule has 0 aliphatic carbocycles. The molecule has 2 heterocycles. The van der Waals surface area contributed by atoms with Crippen molar-refractivity contribution in [2.24, 2.45) is 0 Å². The standard InChI is InChI=1S/C29H40N2O8/c1-35-12-3-10-30-11-13-38-26-9-6-22(16-24(26)30)20-39-27-18-31(29(33)34)17-25(32)28(27)23-7-4-21(5-8-23)19-37-15-14-36-2/h4-9,16,25,27-28,32H,3,10-15,17-20H2,1-2H3,(H,33,34). The van der Waals surface area contributed by atoms with Crippen molar-refractivity contribution in [2.75, 3.05) is 71.7 Å². The molecule has 2 aliphatic heterocycles. The molecule has 39 heavy (non-hydrogen) atoms. The summed E-state index contributed by atoms with van der Waals surface area (Å²) in [6.07, 6.45) is -1.56. The molecule has 2 aliphatic rings. The molecule has 0 bridgehead atoms. The Morgan fingerprint density at radius 3 is 2.51 bits per heavy atom. The highest BCUT2D eigenvalue weighted by molar-refractivity contribution is 5.65. The average molecular weight is 545 g/mol. The predicted octanol–water partition coefficient (Wildman–Crippen LogP) is 3.11. The summed E-state index contributed by atoms with van der Waals surface area (Å²) in [7, 11) is 3.34. The Morgan fingerprint density at radius 1 is 1.00 bits per heavy atom. The van der Waals surface area contributed by atoms with Crippen molar-refractivity contribution in [3.8, 4) is 5.75 Å². The summed E-state index contributed by atoms with van der Waals surface area (Å²) in [5, 5.41) is 20.6. The lowest BCUT2D eigenvalue weighted by atomic mass is 9.84. The zero-order chi connectivity index (χ0) is 27.6. The third kappa shape index (κ3) is 7.83. The number of amides is 1. The lowest BCUT2D eigenvalue weighted by molar-refractivity contribution is -0.0660. The largest absolute Gasteiger partial charge is 0.490 e. The Bertz CT molecular complexity index is 1050. The van der Waals surface area contributed by atoms with Gasteiger partial charge >= 0.3 is 6.09 Å². The summed E-state index contributed by atoms with van der Waals surface area (Å²) in [5.41, 5.74) is 3.90. The molecule has 2 aromatic carbocycles. The summed E-state index contributed by atoms with van der Waals surface area (Å²) in [5.74, 6) is 0.479. The molecule has 0 saturated carbocycles. The Morgan fingerprint density at radius 2 is 1.77 bits per heavy atom. The van der Waals surface area contributed by atoms with Crippen LogP contribution in [0.3, 0.4) is 0 Å². The predicted molar refractivity (Wildman–Crippen MR) is 146 cm³/mol. The molecule has 0 radical (unpaired) electrons. The first kappa shape index (κ1) is 29.1. The number of aliphatic hydroxyl groups excluding tert-OH is 1. The van der Waals surface area contributed by atoms with E-state index in [-0.39, 0.29) is 25.6 Å². The summed E-state index contributed by atoms with van der Waals surface area (Å²) < 4.78 is 28.0. The van der Waals surface area contributed by atoms with E-state index in [9.17, 15) is 15.0 Å². The van der Waals surface area contributed by atoms with Gasteiger partial charge in [-0.05, 0) is 35.2 Å². The third-order valence-electron chi connectivity index (χ3n) is 7.18. The van der Waals surface area contributed by atoms with Crippen LogP contribution >= 0.6 is 0 Å². The van der Waals surface area contributed by atoms with Crippen molar-refractivity contribution in [1.29, 1.82) is 0 Å². The maximum absolute atomic E-state index is 11.8. The number of likely N-dealkylation sites (tertiary alicyclic amines) is 1. The molecular weight excluding hydrogens is 504 g/mol. The number of piperidine rings is 1. The van der Waals surface area contributed by atoms with Crippen molar-refractivity contribution in [3.63, 3.8) is 0 Å². The molecule has 10 nitrogen and oxygen atoms in total. The highest BCUT2D eigenvalue weighted by Crippen LogP contribution is 2.35. The van der Waals surface area contributed by atoms with E-state index in [1.807, 2.05) is 36.4 Å². The van der Waals surface area contributed by atoms with E-state index in [1.54, 1.807) is 14.2 Å². The maximum atomic E-state index is 11.8. The van der Waals surface area contributed by atoms with Gasteiger partial charge in [0.25, 0.3) is 0 Å². The number of hydrogen-bond acceptors (Lipinski definition) is 8. The molecule has 0 aromatic heterocycles. The van der Waals surface area contributed by atoms with Gasteiger partial charge in [0.15, 0.2) is 0 Å². The second kappa shape index (κ2) is 14.5. The van der Waals surface area contributed by atoms with Gasteiger partial charge in [-0.1, -0.05) is 30.3 Å². The van der Waals surface area contributed by atoms with Crippen LogP contribution in [0.1, 0.15) is 29.0 Å². The number of aliphatic hydroxyl groups is 1. The molecule has 4 rings (SSSR count). The number of rotatable bonds is 13. The molecule has 1 fully saturated rings. The van der Waals surface area contributed by atoms with Crippen molar-refractivity contribution in [2.45, 2.75) is 37.8 Å². The lowest BCUT2D eigenvalue weighted by Crippen LogP contribution is -2.53. The van der Waals surface area contributed by atoms with Gasteiger partial charge in [0.05, 0.1) is 64.0 Å². The first-order valence-electron chi connectivity index (χ1n) is 13.4. The molecule has 0 spiro atoms. The number of anilines is 1. The fourth-order valence-corrected chi connectivity index (χ4v) is 5.15. The topological polar surface area (TPSA) is 110 Å². The van der Waals surface area contributed by atoms with Crippen LogP contribution in [-0.2, 0) is 32.2 Å². The maximum Gasteiger partial charge on any atom is 0.407 e. The van der Waals surface area contributed by atoms with Gasteiger partial charge in [-0.15, -0.1) is 0 Å². The highest BCUT2D eigenvalue weighted by atomic mass is 16.5. The van der Waals surface area contributed by atoms with Crippen LogP contribution in [0.25, 0.3) is 0 Å². The number of carbonyl (C=O) groups is 1. The zero-order valence-electron chi connectivity index (χ0n) is 22.8. The molecular formula is C29H40N2O8. The Hall–Kier alpha value is -2.89. The minimum absolute atomic E-state index is 0.0361. The van der Waals surface area contributed by atoms with E-state index >= 15 is 0 Å². The number of hydrogen-bond donors (Lipinski definition) is 2. The Balaban J connectivity index is 1.46. The second-order valence-electron chi connectivity index (χ2n) is 9.90. The van der Waals surface area contributed by atoms with Crippen LogP contribution in [0.2, 0.25) is 0 Å². The van der Waals surface area contributed by atoms with Gasteiger partial charge in [-0.3, -0.25) is 0 Å². The molecule has 3 unspecified atom stereocenters. The van der Waals surface area contributed by atoms with Crippen LogP contribution in [-0.4, -0.2) is 100 Å². The van der Waals surface area contributed by atoms with Crippen molar-refractivity contribution in [1.82, 2.24) is 4.90 Å². The van der Waals surface area contributed by atoms with E-state index in [0.29, 0.717) is 33.0 Å². The van der Waals surface area contributed by atoms with Gasteiger partial charge in [0.2, 0.25) is 0 Å². The quantitative estimate of drug-likeness (QED) is 0.368. The highest BCUT2D eigenvalue weighted by Gasteiger charge is 2.39. The van der Waals surface area contributed by atoms with Gasteiger partial charge in [-0.2, -0.15) is 0 Å². The van der Waals surface area contributed by atoms with Gasteiger partial charge in [0, 0.05) is 33.3 Å². The molecule has 1 amide bonds. The van der Waals surface area contributed by atoms with Crippen LogP contribution < -0.4 is 9.64 Å². The summed E-state index contributed by atoms with van der Waals surface area (Å²) in [6, 6.07) is 13.9. The number of methoxy groups -OCH3 is 2. The normalized spacial score (nSPS) is 20.9. The number of carboxylic acid groups (broad SMARTS) is 1. The third-order valence-corrected chi connectivity index (χ3v) is 7.18. The molecule has 2 aromatic rings. The number of β-amino-alcohol motifs (C(OH)–C–C–N with tert-alkyl or cyclic N) is 1. The van der Waals surface area contributed by atoms with Gasteiger partial charge in [0.1, 0.15) is 12.4 Å². The van der Waals surface area contributed by atoms with Crippen LogP contribution in [0.15, 0.2) is 42.5 Å². The van der Waals surface area contributed by atoms with Gasteiger partial charge in [-0.25, -0.2) is 4.79 Å². The molecule has 10 heteroatoms. The fraction of sp³-hybridized carbons (Fsp3) is 0.552. The number of nitrogens with zero attached hydrogens (tertiary/aromatic N) is 2. The molecule has 3 atom stereocenters. The summed E-state index contributed by atoms with van der Waals surface area (Å²) in [4.78, 5) is 15.3. The number of ether oxygens (including phenoxy) is 5. The monoisotopic (exact) mass is 544 g/mol. The molecule has 2 N–H and O–H groups in total. The van der Waals surface area contributed by atoms with Crippen LogP contribution in [0.4, 0.5) is 10.5 Å². The lowest BCUT2D eigenvalue weighted by Gasteiger charge is -2.40. The minimum atomic E-state index is -1.07. The van der Waals surface area contributed by atoms with Crippen molar-refractivity contribution >= 4 is 11.8 Å². The van der Waals surface area contributed by atoms with E-state index in [0.717, 1.165) is 47.6 Å². The number of fused-ring (bicyclic) bond motifs is 1. The summed E-state index contributed by atoms with van der Waals surface area (Å²) in [6.45, 7) is 5.02. The first-order chi connectivity index (χ1) is 19.0. The van der Waals surface area contributed by atoms with Crippen molar-refractivity contribution < 1.29 is 38.7 Å². The number of benzene rings is 2.